The molecule has 21 heavy (non-hydrogen) atoms. The second kappa shape index (κ2) is 9.06. The molecule has 0 aromatic heterocycles. The highest BCUT2D eigenvalue weighted by atomic mass is 19.4. The zero-order valence-corrected chi connectivity index (χ0v) is 10.8. The number of carboxylic acid groups (broad SMARTS) is 1. The second-order valence-electron chi connectivity index (χ2n) is 3.90. The number of halogens is 5. The van der Waals surface area contributed by atoms with E-state index in [0.717, 1.165) is 5.56 Å². The smallest absolute Gasteiger partial charge is 0.475 e. The third-order valence-electron chi connectivity index (χ3n) is 2.28. The summed E-state index contributed by atoms with van der Waals surface area (Å²) in [6.07, 6.45) is -3.40. The van der Waals surface area contributed by atoms with Crippen molar-refractivity contribution in [3.05, 3.63) is 47.5 Å². The van der Waals surface area contributed by atoms with Crippen LogP contribution < -0.4 is 5.73 Å². The SMILES string of the molecule is NCC(=CF)CCc1cccc(F)c1.O=C(O)C(F)(F)F. The summed E-state index contributed by atoms with van der Waals surface area (Å²) in [7, 11) is 0. The maximum Gasteiger partial charge on any atom is 0.490 e. The first-order valence-corrected chi connectivity index (χ1v) is 5.73. The van der Waals surface area contributed by atoms with Crippen LogP contribution >= 0.6 is 0 Å². The van der Waals surface area contributed by atoms with E-state index in [1.807, 2.05) is 6.07 Å². The van der Waals surface area contributed by atoms with Crippen molar-refractivity contribution in [2.24, 2.45) is 5.73 Å². The van der Waals surface area contributed by atoms with Gasteiger partial charge >= 0.3 is 12.1 Å². The van der Waals surface area contributed by atoms with Gasteiger partial charge in [0.25, 0.3) is 0 Å². The first kappa shape index (κ1) is 19.0. The van der Waals surface area contributed by atoms with Crippen molar-refractivity contribution in [1.29, 1.82) is 0 Å². The molecule has 0 radical (unpaired) electrons. The van der Waals surface area contributed by atoms with Crippen LogP contribution in [0.25, 0.3) is 0 Å². The Morgan fingerprint density at radius 2 is 1.90 bits per heavy atom. The van der Waals surface area contributed by atoms with Crippen LogP contribution in [0.2, 0.25) is 0 Å². The van der Waals surface area contributed by atoms with Crippen LogP contribution in [-0.2, 0) is 11.2 Å². The van der Waals surface area contributed by atoms with Crippen molar-refractivity contribution in [3.8, 4) is 0 Å². The number of nitrogens with two attached hydrogens (primary N) is 1. The van der Waals surface area contributed by atoms with Crippen molar-refractivity contribution in [2.45, 2.75) is 19.0 Å². The van der Waals surface area contributed by atoms with Gasteiger partial charge in [-0.3, -0.25) is 0 Å². The van der Waals surface area contributed by atoms with Crippen LogP contribution in [0.4, 0.5) is 22.0 Å². The number of carbonyl (C=O) groups is 1. The summed E-state index contributed by atoms with van der Waals surface area (Å²) in [6.45, 7) is 0.214. The standard InChI is InChI=1S/C11H13F2N.C2HF3O2/c12-7-10(8-14)5-4-9-2-1-3-11(13)6-9;3-2(4,5)1(6)7/h1-3,6-7H,4-5,8,14H2;(H,6,7). The number of rotatable bonds is 4. The summed E-state index contributed by atoms with van der Waals surface area (Å²) in [5, 5.41) is 7.12. The predicted molar refractivity (Wildman–Crippen MR) is 66.7 cm³/mol. The molecule has 8 heteroatoms. The second-order valence-corrected chi connectivity index (χ2v) is 3.90. The first-order valence-electron chi connectivity index (χ1n) is 5.73. The average Bonchev–Trinajstić information content (AvgIpc) is 2.39. The molecule has 1 rings (SSSR count). The van der Waals surface area contributed by atoms with Crippen LogP contribution in [-0.4, -0.2) is 23.8 Å². The molecule has 1 aromatic carbocycles. The highest BCUT2D eigenvalue weighted by Gasteiger charge is 2.38. The number of benzene rings is 1. The summed E-state index contributed by atoms with van der Waals surface area (Å²) < 4.78 is 56.6. The van der Waals surface area contributed by atoms with Crippen molar-refractivity contribution in [2.75, 3.05) is 6.54 Å². The molecule has 0 saturated heterocycles. The van der Waals surface area contributed by atoms with Gasteiger partial charge in [0.2, 0.25) is 0 Å². The third kappa shape index (κ3) is 8.74. The van der Waals surface area contributed by atoms with E-state index in [2.05, 4.69) is 0 Å². The lowest BCUT2D eigenvalue weighted by Crippen LogP contribution is -2.21. The Bertz CT molecular complexity index is 486. The Balaban J connectivity index is 0.000000486. The van der Waals surface area contributed by atoms with E-state index in [-0.39, 0.29) is 12.4 Å². The number of aryl methyl sites for hydroxylation is 1. The fourth-order valence-electron chi connectivity index (χ4n) is 1.20. The number of aliphatic carboxylic acids is 1. The van der Waals surface area contributed by atoms with E-state index in [9.17, 15) is 22.0 Å². The lowest BCUT2D eigenvalue weighted by atomic mass is 10.1. The van der Waals surface area contributed by atoms with Gasteiger partial charge in [0, 0.05) is 6.54 Å². The van der Waals surface area contributed by atoms with E-state index in [1.165, 1.54) is 12.1 Å². The minimum Gasteiger partial charge on any atom is -0.475 e. The van der Waals surface area contributed by atoms with Gasteiger partial charge in [-0.05, 0) is 36.1 Å². The van der Waals surface area contributed by atoms with E-state index < -0.39 is 12.1 Å². The fourth-order valence-corrected chi connectivity index (χ4v) is 1.20. The van der Waals surface area contributed by atoms with E-state index in [1.54, 1.807) is 6.07 Å². The lowest BCUT2D eigenvalue weighted by molar-refractivity contribution is -0.192. The molecule has 0 bridgehead atoms. The number of hydrogen-bond acceptors (Lipinski definition) is 2. The first-order chi connectivity index (χ1) is 9.70. The Hall–Kier alpha value is -1.96. The van der Waals surface area contributed by atoms with Gasteiger partial charge in [-0.15, -0.1) is 0 Å². The molecule has 0 aliphatic heterocycles. The maximum absolute atomic E-state index is 12.7. The van der Waals surface area contributed by atoms with Crippen molar-refractivity contribution >= 4 is 5.97 Å². The molecule has 0 unspecified atom stereocenters. The molecule has 0 heterocycles. The molecule has 3 nitrogen and oxygen atoms in total. The van der Waals surface area contributed by atoms with Crippen LogP contribution in [0.5, 0.6) is 0 Å². The number of carboxylic acids is 1. The third-order valence-corrected chi connectivity index (χ3v) is 2.28. The number of hydrogen-bond donors (Lipinski definition) is 2. The van der Waals surface area contributed by atoms with Crippen molar-refractivity contribution < 1.29 is 31.9 Å². The van der Waals surface area contributed by atoms with E-state index >= 15 is 0 Å². The Labute approximate surface area is 117 Å². The molecule has 0 atom stereocenters. The van der Waals surface area contributed by atoms with Crippen molar-refractivity contribution in [3.63, 3.8) is 0 Å². The summed E-state index contributed by atoms with van der Waals surface area (Å²) in [5.41, 5.74) is 6.70. The largest absolute Gasteiger partial charge is 0.490 e. The van der Waals surface area contributed by atoms with Crippen LogP contribution in [0.15, 0.2) is 36.2 Å². The van der Waals surface area contributed by atoms with Crippen LogP contribution in [0.1, 0.15) is 12.0 Å². The minimum absolute atomic E-state index is 0.214. The summed E-state index contributed by atoms with van der Waals surface area (Å²) in [5.74, 6) is -3.02. The molecule has 0 amide bonds. The zero-order chi connectivity index (χ0) is 16.5. The zero-order valence-electron chi connectivity index (χ0n) is 10.8. The topological polar surface area (TPSA) is 63.3 Å². The maximum atomic E-state index is 12.7. The molecule has 1 aromatic rings. The van der Waals surface area contributed by atoms with E-state index in [4.69, 9.17) is 15.6 Å². The van der Waals surface area contributed by atoms with Gasteiger partial charge in [-0.25, -0.2) is 13.6 Å². The quantitative estimate of drug-likeness (QED) is 0.839. The van der Waals surface area contributed by atoms with Gasteiger partial charge in [-0.2, -0.15) is 13.2 Å². The average molecular weight is 311 g/mol. The van der Waals surface area contributed by atoms with Gasteiger partial charge < -0.3 is 10.8 Å². The monoisotopic (exact) mass is 311 g/mol. The Morgan fingerprint density at radius 1 is 1.33 bits per heavy atom. The molecule has 3 N–H and O–H groups in total. The molecule has 0 aliphatic carbocycles. The van der Waals surface area contributed by atoms with Gasteiger partial charge in [0.1, 0.15) is 5.82 Å². The predicted octanol–water partition coefficient (Wildman–Crippen LogP) is 3.20. The Kier molecular flexibility index (Phi) is 8.22. The van der Waals surface area contributed by atoms with Gasteiger partial charge in [0.05, 0.1) is 6.33 Å². The van der Waals surface area contributed by atoms with Crippen LogP contribution in [0, 0.1) is 5.82 Å². The summed E-state index contributed by atoms with van der Waals surface area (Å²) >= 11 is 0. The molecular formula is C13H14F5NO2. The lowest BCUT2D eigenvalue weighted by Gasteiger charge is -2.02. The molecule has 0 fully saturated rings. The molecular weight excluding hydrogens is 297 g/mol. The molecule has 0 saturated carbocycles. The molecule has 0 spiro atoms. The number of alkyl halides is 3. The van der Waals surface area contributed by atoms with Crippen molar-refractivity contribution in [1.82, 2.24) is 0 Å². The summed E-state index contributed by atoms with van der Waals surface area (Å²) in [6, 6.07) is 6.30. The van der Waals surface area contributed by atoms with Gasteiger partial charge in [0.15, 0.2) is 0 Å². The molecule has 118 valence electrons. The highest BCUT2D eigenvalue weighted by Crippen LogP contribution is 2.13. The Morgan fingerprint density at radius 3 is 2.29 bits per heavy atom. The normalized spacial score (nSPS) is 11.6. The van der Waals surface area contributed by atoms with Gasteiger partial charge in [-0.1, -0.05) is 12.1 Å². The van der Waals surface area contributed by atoms with E-state index in [0.29, 0.717) is 24.7 Å². The minimum atomic E-state index is -5.08. The van der Waals surface area contributed by atoms with Crippen LogP contribution in [0.3, 0.4) is 0 Å². The summed E-state index contributed by atoms with van der Waals surface area (Å²) in [4.78, 5) is 8.90. The fraction of sp³-hybridized carbons (Fsp3) is 0.308. The highest BCUT2D eigenvalue weighted by molar-refractivity contribution is 5.73. The molecule has 0 aliphatic rings.